The average Bonchev–Trinajstić information content (AvgIpc) is 3.32. The zero-order chi connectivity index (χ0) is 24.6. The Hall–Kier alpha value is -3.69. The maximum atomic E-state index is 12.5. The Morgan fingerprint density at radius 2 is 1.80 bits per heavy atom. The topological polar surface area (TPSA) is 94.3 Å². The standard InChI is InChI=1S/C26H27N3O5S/c1-32-22-6-5-7-23(33-2)25(22)34-16-20(30)14-27-26(31)18-9-11-21(12-10-18)35-17-19-15-29-13-4-3-8-24(29)28-19/h3-13,15,20,30H,14,16-17H2,1-2H3,(H,27,31). The van der Waals surface area contributed by atoms with Gasteiger partial charge in [0.15, 0.2) is 11.5 Å². The van der Waals surface area contributed by atoms with E-state index in [-0.39, 0.29) is 19.1 Å². The third-order valence-corrected chi connectivity index (χ3v) is 6.26. The Kier molecular flexibility index (Phi) is 8.12. The Balaban J connectivity index is 1.24. The first kappa shape index (κ1) is 24.4. The summed E-state index contributed by atoms with van der Waals surface area (Å²) < 4.78 is 18.2. The van der Waals surface area contributed by atoms with Gasteiger partial charge in [-0.25, -0.2) is 4.98 Å². The summed E-state index contributed by atoms with van der Waals surface area (Å²) in [7, 11) is 3.06. The number of thioether (sulfide) groups is 1. The number of hydrogen-bond donors (Lipinski definition) is 2. The number of aliphatic hydroxyl groups excluding tert-OH is 1. The van der Waals surface area contributed by atoms with Gasteiger partial charge in [0.1, 0.15) is 18.4 Å². The van der Waals surface area contributed by atoms with Gasteiger partial charge >= 0.3 is 0 Å². The molecule has 1 amide bonds. The fraction of sp³-hybridized carbons (Fsp3) is 0.231. The van der Waals surface area contributed by atoms with E-state index in [1.165, 1.54) is 14.2 Å². The van der Waals surface area contributed by atoms with Crippen LogP contribution in [0.1, 0.15) is 16.1 Å². The van der Waals surface area contributed by atoms with Gasteiger partial charge in [-0.1, -0.05) is 12.1 Å². The fourth-order valence-corrected chi connectivity index (χ4v) is 4.21. The van der Waals surface area contributed by atoms with Crippen LogP contribution in [0.25, 0.3) is 5.65 Å². The molecule has 0 saturated heterocycles. The van der Waals surface area contributed by atoms with Gasteiger partial charge in [-0.05, 0) is 48.5 Å². The van der Waals surface area contributed by atoms with Crippen LogP contribution >= 0.6 is 11.8 Å². The predicted molar refractivity (Wildman–Crippen MR) is 135 cm³/mol. The van der Waals surface area contributed by atoms with Crippen molar-refractivity contribution >= 4 is 23.3 Å². The zero-order valence-electron chi connectivity index (χ0n) is 19.5. The van der Waals surface area contributed by atoms with Gasteiger partial charge in [-0.2, -0.15) is 0 Å². The van der Waals surface area contributed by atoms with Crippen molar-refractivity contribution < 1.29 is 24.1 Å². The maximum absolute atomic E-state index is 12.5. The van der Waals surface area contributed by atoms with Crippen LogP contribution in [0.15, 0.2) is 78.0 Å². The molecule has 182 valence electrons. The van der Waals surface area contributed by atoms with Gasteiger partial charge in [0, 0.05) is 35.2 Å². The molecule has 0 aliphatic rings. The molecule has 2 aromatic carbocycles. The summed E-state index contributed by atoms with van der Waals surface area (Å²) in [6, 6.07) is 18.5. The number of methoxy groups -OCH3 is 2. The Labute approximate surface area is 207 Å². The van der Waals surface area contributed by atoms with Crippen LogP contribution < -0.4 is 19.5 Å². The Morgan fingerprint density at radius 1 is 1.06 bits per heavy atom. The minimum Gasteiger partial charge on any atom is -0.493 e. The van der Waals surface area contributed by atoms with Crippen molar-refractivity contribution in [2.45, 2.75) is 16.8 Å². The molecule has 1 unspecified atom stereocenters. The minimum atomic E-state index is -0.908. The van der Waals surface area contributed by atoms with E-state index >= 15 is 0 Å². The van der Waals surface area contributed by atoms with Gasteiger partial charge in [0.25, 0.3) is 5.91 Å². The molecule has 2 aromatic heterocycles. The number of imidazole rings is 1. The predicted octanol–water partition coefficient (Wildman–Crippen LogP) is 3.81. The molecule has 0 bridgehead atoms. The second kappa shape index (κ2) is 11.6. The van der Waals surface area contributed by atoms with Crippen molar-refractivity contribution in [2.75, 3.05) is 27.4 Å². The highest BCUT2D eigenvalue weighted by Gasteiger charge is 2.15. The second-order valence-corrected chi connectivity index (χ2v) is 8.73. The lowest BCUT2D eigenvalue weighted by Crippen LogP contribution is -2.35. The maximum Gasteiger partial charge on any atom is 0.251 e. The van der Waals surface area contributed by atoms with Crippen molar-refractivity contribution in [1.29, 1.82) is 0 Å². The molecule has 2 N–H and O–H groups in total. The summed E-state index contributed by atoms with van der Waals surface area (Å²) in [4.78, 5) is 18.1. The lowest BCUT2D eigenvalue weighted by atomic mass is 10.2. The first-order valence-corrected chi connectivity index (χ1v) is 12.0. The molecule has 9 heteroatoms. The van der Waals surface area contributed by atoms with Gasteiger partial charge in [0.2, 0.25) is 5.75 Å². The normalized spacial score (nSPS) is 11.7. The monoisotopic (exact) mass is 493 g/mol. The van der Waals surface area contributed by atoms with Crippen LogP contribution in [0.2, 0.25) is 0 Å². The zero-order valence-corrected chi connectivity index (χ0v) is 20.3. The van der Waals surface area contributed by atoms with Crippen LogP contribution in [0.3, 0.4) is 0 Å². The molecule has 8 nitrogen and oxygen atoms in total. The van der Waals surface area contributed by atoms with Crippen molar-refractivity contribution in [3.8, 4) is 17.2 Å². The number of pyridine rings is 1. The molecule has 0 fully saturated rings. The fourth-order valence-electron chi connectivity index (χ4n) is 3.43. The van der Waals surface area contributed by atoms with Gasteiger partial charge in [-0.15, -0.1) is 11.8 Å². The van der Waals surface area contributed by atoms with Crippen molar-refractivity contribution in [3.63, 3.8) is 0 Å². The van der Waals surface area contributed by atoms with Crippen LogP contribution in [-0.4, -0.2) is 53.9 Å². The first-order valence-electron chi connectivity index (χ1n) is 11.0. The van der Waals surface area contributed by atoms with E-state index in [9.17, 15) is 9.90 Å². The van der Waals surface area contributed by atoms with Crippen molar-refractivity contribution in [2.24, 2.45) is 0 Å². The molecule has 4 aromatic rings. The number of ether oxygens (including phenoxy) is 3. The molecule has 0 radical (unpaired) electrons. The Bertz CT molecular complexity index is 1220. The number of rotatable bonds is 11. The lowest BCUT2D eigenvalue weighted by Gasteiger charge is -2.17. The summed E-state index contributed by atoms with van der Waals surface area (Å²) in [5.74, 6) is 1.87. The largest absolute Gasteiger partial charge is 0.493 e. The van der Waals surface area contributed by atoms with Crippen LogP contribution in [0.5, 0.6) is 17.2 Å². The number of carbonyl (C=O) groups is 1. The minimum absolute atomic E-state index is 0.0321. The number of nitrogens with zero attached hydrogens (tertiary/aromatic N) is 2. The van der Waals surface area contributed by atoms with E-state index in [1.807, 2.05) is 47.1 Å². The third kappa shape index (κ3) is 6.26. The summed E-state index contributed by atoms with van der Waals surface area (Å²) in [5.41, 5.74) is 2.43. The average molecular weight is 494 g/mol. The van der Waals surface area contributed by atoms with Gasteiger partial charge < -0.3 is 29.0 Å². The lowest BCUT2D eigenvalue weighted by molar-refractivity contribution is 0.0833. The Morgan fingerprint density at radius 3 is 2.49 bits per heavy atom. The third-order valence-electron chi connectivity index (χ3n) is 5.22. The van der Waals surface area contributed by atoms with E-state index in [4.69, 9.17) is 14.2 Å². The SMILES string of the molecule is COc1cccc(OC)c1OCC(O)CNC(=O)c1ccc(SCc2cn3ccccc3n2)cc1. The smallest absolute Gasteiger partial charge is 0.251 e. The highest BCUT2D eigenvalue weighted by atomic mass is 32.2. The summed E-state index contributed by atoms with van der Waals surface area (Å²) in [6.07, 6.45) is 3.08. The van der Waals surface area contributed by atoms with Crippen LogP contribution in [0.4, 0.5) is 0 Å². The highest BCUT2D eigenvalue weighted by molar-refractivity contribution is 7.98. The van der Waals surface area contributed by atoms with E-state index < -0.39 is 6.10 Å². The number of amides is 1. The molecule has 4 rings (SSSR count). The number of aliphatic hydroxyl groups is 1. The molecule has 0 saturated carbocycles. The summed E-state index contributed by atoms with van der Waals surface area (Å²) in [5, 5.41) is 13.0. The number of carbonyl (C=O) groups excluding carboxylic acids is 1. The molecule has 0 aliphatic heterocycles. The number of nitrogens with one attached hydrogen (secondary N) is 1. The van der Waals surface area contributed by atoms with Gasteiger partial charge in [0.05, 0.1) is 19.9 Å². The quantitative estimate of drug-likeness (QED) is 0.307. The van der Waals surface area contributed by atoms with Gasteiger partial charge in [-0.3, -0.25) is 4.79 Å². The molecule has 0 spiro atoms. The van der Waals surface area contributed by atoms with E-state index in [0.717, 1.165) is 22.0 Å². The van der Waals surface area contributed by atoms with E-state index in [1.54, 1.807) is 42.1 Å². The van der Waals surface area contributed by atoms with Crippen LogP contribution in [0, 0.1) is 0 Å². The summed E-state index contributed by atoms with van der Waals surface area (Å²) >= 11 is 1.65. The molecule has 1 atom stereocenters. The van der Waals surface area contributed by atoms with Crippen molar-refractivity contribution in [1.82, 2.24) is 14.7 Å². The molecular weight excluding hydrogens is 466 g/mol. The van der Waals surface area contributed by atoms with Crippen molar-refractivity contribution in [3.05, 3.63) is 84.3 Å². The molecule has 2 heterocycles. The van der Waals surface area contributed by atoms with E-state index in [2.05, 4.69) is 10.3 Å². The number of hydrogen-bond acceptors (Lipinski definition) is 7. The van der Waals surface area contributed by atoms with Crippen LogP contribution in [-0.2, 0) is 5.75 Å². The highest BCUT2D eigenvalue weighted by Crippen LogP contribution is 2.36. The number of para-hydroxylation sites is 1. The number of benzene rings is 2. The summed E-state index contributed by atoms with van der Waals surface area (Å²) in [6.45, 7) is 0.0103. The van der Waals surface area contributed by atoms with E-state index in [0.29, 0.717) is 22.8 Å². The molecule has 35 heavy (non-hydrogen) atoms. The molecule has 0 aliphatic carbocycles. The molecular formula is C26H27N3O5S. The first-order chi connectivity index (χ1) is 17.1. The number of fused-ring (bicyclic) bond motifs is 1. The second-order valence-electron chi connectivity index (χ2n) is 7.68. The number of aromatic nitrogens is 2.